The van der Waals surface area contributed by atoms with Crippen LogP contribution in [0.1, 0.15) is 25.7 Å². The second-order valence-electron chi connectivity index (χ2n) is 2.71. The van der Waals surface area contributed by atoms with Crippen LogP contribution in [-0.4, -0.2) is 11.9 Å². The molecule has 1 heterocycles. The smallest absolute Gasteiger partial charge is 0.0440 e. The largest absolute Gasteiger partial charge is 0.164 e. The molecule has 0 saturated heterocycles. The van der Waals surface area contributed by atoms with Gasteiger partial charge in [-0.2, -0.15) is 10.2 Å². The van der Waals surface area contributed by atoms with Crippen molar-refractivity contribution in [2.45, 2.75) is 25.7 Å². The fraction of sp³-hybridized carbons (Fsp3) is 0.714. The molecule has 1 unspecified atom stereocenters. The van der Waals surface area contributed by atoms with Gasteiger partial charge in [0.05, 0.1) is 0 Å². The van der Waals surface area contributed by atoms with E-state index in [2.05, 4.69) is 10.2 Å². The predicted molar refractivity (Wildman–Crippen MR) is 37.9 cm³/mol. The van der Waals surface area contributed by atoms with Gasteiger partial charge in [0.25, 0.3) is 0 Å². The van der Waals surface area contributed by atoms with Gasteiger partial charge in [0.1, 0.15) is 0 Å². The second kappa shape index (κ2) is 1.94. The summed E-state index contributed by atoms with van der Waals surface area (Å²) in [5.74, 6) is 0.766. The fourth-order valence-corrected chi connectivity index (χ4v) is 1.58. The van der Waals surface area contributed by atoms with Crippen LogP contribution in [-0.2, 0) is 0 Å². The van der Waals surface area contributed by atoms with Crippen molar-refractivity contribution in [1.82, 2.24) is 0 Å². The van der Waals surface area contributed by atoms with Crippen molar-refractivity contribution >= 4 is 11.9 Å². The van der Waals surface area contributed by atoms with Crippen LogP contribution < -0.4 is 0 Å². The molecule has 2 rings (SSSR count). The number of fused-ring (bicyclic) bond motifs is 1. The van der Waals surface area contributed by atoms with Gasteiger partial charge in [0.15, 0.2) is 0 Å². The SMILES string of the molecule is C1=NN=C2CCCC2C1. The van der Waals surface area contributed by atoms with E-state index in [1.807, 2.05) is 6.21 Å². The summed E-state index contributed by atoms with van der Waals surface area (Å²) >= 11 is 0. The summed E-state index contributed by atoms with van der Waals surface area (Å²) in [6.07, 6.45) is 6.93. The van der Waals surface area contributed by atoms with Crippen LogP contribution in [0.5, 0.6) is 0 Å². The number of rotatable bonds is 0. The summed E-state index contributed by atoms with van der Waals surface area (Å²) in [7, 11) is 0. The minimum atomic E-state index is 0.766. The maximum Gasteiger partial charge on any atom is 0.0440 e. The molecule has 0 aromatic carbocycles. The van der Waals surface area contributed by atoms with Crippen molar-refractivity contribution in [3.63, 3.8) is 0 Å². The van der Waals surface area contributed by atoms with E-state index in [4.69, 9.17) is 0 Å². The predicted octanol–water partition coefficient (Wildman–Crippen LogP) is 1.62. The van der Waals surface area contributed by atoms with Gasteiger partial charge >= 0.3 is 0 Å². The summed E-state index contributed by atoms with van der Waals surface area (Å²) in [5.41, 5.74) is 1.34. The van der Waals surface area contributed by atoms with Crippen LogP contribution in [0.2, 0.25) is 0 Å². The molecule has 1 fully saturated rings. The first kappa shape index (κ1) is 5.15. The van der Waals surface area contributed by atoms with Gasteiger partial charge in [0.2, 0.25) is 0 Å². The Hall–Kier alpha value is -0.660. The Balaban J connectivity index is 2.23. The topological polar surface area (TPSA) is 24.7 Å². The fourth-order valence-electron chi connectivity index (χ4n) is 1.58. The summed E-state index contributed by atoms with van der Waals surface area (Å²) in [6.45, 7) is 0. The Bertz CT molecular complexity index is 170. The molecule has 1 aliphatic heterocycles. The third-order valence-corrected chi connectivity index (χ3v) is 2.11. The number of nitrogens with zero attached hydrogens (tertiary/aromatic N) is 2. The summed E-state index contributed by atoms with van der Waals surface area (Å²) in [6, 6.07) is 0. The average Bonchev–Trinajstić information content (AvgIpc) is 2.33. The second-order valence-corrected chi connectivity index (χ2v) is 2.71. The first-order valence-electron chi connectivity index (χ1n) is 3.55. The summed E-state index contributed by atoms with van der Waals surface area (Å²) < 4.78 is 0. The van der Waals surface area contributed by atoms with Crippen molar-refractivity contribution < 1.29 is 0 Å². The summed E-state index contributed by atoms with van der Waals surface area (Å²) in [4.78, 5) is 0. The highest BCUT2D eigenvalue weighted by atomic mass is 15.2. The molecule has 48 valence electrons. The first-order valence-corrected chi connectivity index (χ1v) is 3.55. The van der Waals surface area contributed by atoms with E-state index >= 15 is 0 Å². The lowest BCUT2D eigenvalue weighted by Gasteiger charge is -2.08. The van der Waals surface area contributed by atoms with Crippen LogP contribution in [0.3, 0.4) is 0 Å². The average molecular weight is 122 g/mol. The van der Waals surface area contributed by atoms with Crippen LogP contribution in [0.25, 0.3) is 0 Å². The van der Waals surface area contributed by atoms with E-state index < -0.39 is 0 Å². The highest BCUT2D eigenvalue weighted by Crippen LogP contribution is 2.26. The van der Waals surface area contributed by atoms with Crippen LogP contribution >= 0.6 is 0 Å². The van der Waals surface area contributed by atoms with Gasteiger partial charge in [-0.05, 0) is 25.7 Å². The Morgan fingerprint density at radius 3 is 3.44 bits per heavy atom. The van der Waals surface area contributed by atoms with Crippen molar-refractivity contribution in [2.24, 2.45) is 16.1 Å². The Kier molecular flexibility index (Phi) is 1.11. The zero-order valence-electron chi connectivity index (χ0n) is 5.38. The maximum absolute atomic E-state index is 4.08. The zero-order chi connectivity index (χ0) is 6.10. The molecule has 0 spiro atoms. The van der Waals surface area contributed by atoms with Gasteiger partial charge in [-0.25, -0.2) is 0 Å². The lowest BCUT2D eigenvalue weighted by Crippen LogP contribution is -2.09. The minimum Gasteiger partial charge on any atom is -0.164 e. The van der Waals surface area contributed by atoms with Crippen LogP contribution in [0, 0.1) is 5.92 Å². The molecule has 0 aromatic heterocycles. The molecule has 0 N–H and O–H groups in total. The molecule has 1 saturated carbocycles. The van der Waals surface area contributed by atoms with Crippen molar-refractivity contribution in [3.05, 3.63) is 0 Å². The summed E-state index contributed by atoms with van der Waals surface area (Å²) in [5, 5.41) is 7.96. The zero-order valence-corrected chi connectivity index (χ0v) is 5.38. The van der Waals surface area contributed by atoms with Gasteiger partial charge in [-0.3, -0.25) is 0 Å². The van der Waals surface area contributed by atoms with Gasteiger partial charge < -0.3 is 0 Å². The highest BCUT2D eigenvalue weighted by Gasteiger charge is 2.22. The quantitative estimate of drug-likeness (QED) is 0.466. The standard InChI is InChI=1S/C7H10N2/c1-2-6-4-5-8-9-7(6)3-1/h5-6H,1-4H2. The molecule has 0 bridgehead atoms. The molecule has 0 aromatic rings. The Morgan fingerprint density at radius 2 is 2.56 bits per heavy atom. The normalized spacial score (nSPS) is 32.0. The lowest BCUT2D eigenvalue weighted by molar-refractivity contribution is 0.687. The monoisotopic (exact) mass is 122 g/mol. The molecule has 1 atom stereocenters. The van der Waals surface area contributed by atoms with E-state index in [-0.39, 0.29) is 0 Å². The Labute approximate surface area is 54.7 Å². The third-order valence-electron chi connectivity index (χ3n) is 2.11. The molecule has 0 amide bonds. The van der Waals surface area contributed by atoms with E-state index in [0.717, 1.165) is 12.3 Å². The molecule has 9 heavy (non-hydrogen) atoms. The van der Waals surface area contributed by atoms with Crippen LogP contribution in [0.15, 0.2) is 10.2 Å². The van der Waals surface area contributed by atoms with Crippen LogP contribution in [0.4, 0.5) is 0 Å². The Morgan fingerprint density at radius 1 is 1.56 bits per heavy atom. The van der Waals surface area contributed by atoms with Crippen molar-refractivity contribution in [2.75, 3.05) is 0 Å². The molecular weight excluding hydrogens is 112 g/mol. The van der Waals surface area contributed by atoms with Crippen molar-refractivity contribution in [1.29, 1.82) is 0 Å². The highest BCUT2D eigenvalue weighted by molar-refractivity contribution is 5.91. The van der Waals surface area contributed by atoms with E-state index in [1.54, 1.807) is 0 Å². The first-order chi connectivity index (χ1) is 4.47. The van der Waals surface area contributed by atoms with Gasteiger partial charge in [0, 0.05) is 17.8 Å². The van der Waals surface area contributed by atoms with Gasteiger partial charge in [-0.1, -0.05) is 0 Å². The number of hydrogen-bond donors (Lipinski definition) is 0. The van der Waals surface area contributed by atoms with Gasteiger partial charge in [-0.15, -0.1) is 0 Å². The minimum absolute atomic E-state index is 0.766. The molecule has 1 aliphatic carbocycles. The molecular formula is C7H10N2. The lowest BCUT2D eigenvalue weighted by atomic mass is 10.0. The molecule has 2 nitrogen and oxygen atoms in total. The number of hydrogen-bond acceptors (Lipinski definition) is 2. The maximum atomic E-state index is 4.08. The van der Waals surface area contributed by atoms with E-state index in [1.165, 1.54) is 25.0 Å². The third kappa shape index (κ3) is 0.784. The van der Waals surface area contributed by atoms with Crippen molar-refractivity contribution in [3.8, 4) is 0 Å². The molecule has 0 radical (unpaired) electrons. The molecule has 2 aliphatic rings. The van der Waals surface area contributed by atoms with E-state index in [0.29, 0.717) is 0 Å². The van der Waals surface area contributed by atoms with E-state index in [9.17, 15) is 0 Å². The molecule has 2 heteroatoms.